The van der Waals surface area contributed by atoms with Crippen molar-refractivity contribution in [1.82, 2.24) is 15.2 Å². The van der Waals surface area contributed by atoms with Crippen molar-refractivity contribution >= 4 is 17.4 Å². The number of thiazole rings is 1. The zero-order valence-electron chi connectivity index (χ0n) is 12.6. The Morgan fingerprint density at radius 2 is 2.33 bits per heavy atom. The number of aromatic nitrogens is 1. The SMILES string of the molecule is CCOC(=O)N1CC[C@@H](NCc2nc3c(s2)CCCC3)C1. The Kier molecular flexibility index (Phi) is 4.75. The van der Waals surface area contributed by atoms with Crippen molar-refractivity contribution in [2.24, 2.45) is 0 Å². The molecule has 2 heterocycles. The van der Waals surface area contributed by atoms with Crippen LogP contribution in [-0.4, -0.2) is 41.7 Å². The van der Waals surface area contributed by atoms with E-state index in [0.717, 1.165) is 32.5 Å². The van der Waals surface area contributed by atoms with Crippen LogP contribution < -0.4 is 5.32 Å². The Balaban J connectivity index is 1.47. The van der Waals surface area contributed by atoms with E-state index in [4.69, 9.17) is 9.72 Å². The first-order valence-electron chi connectivity index (χ1n) is 7.88. The van der Waals surface area contributed by atoms with Crippen LogP contribution in [0.25, 0.3) is 0 Å². The Hall–Kier alpha value is -1.14. The van der Waals surface area contributed by atoms with Crippen molar-refractivity contribution in [2.45, 2.75) is 51.6 Å². The smallest absolute Gasteiger partial charge is 0.409 e. The number of carbonyl (C=O) groups is 1. The summed E-state index contributed by atoms with van der Waals surface area (Å²) in [6, 6.07) is 0.357. The summed E-state index contributed by atoms with van der Waals surface area (Å²) < 4.78 is 5.04. The predicted octanol–water partition coefficient (Wildman–Crippen LogP) is 2.34. The Labute approximate surface area is 129 Å². The Morgan fingerprint density at radius 1 is 1.48 bits per heavy atom. The van der Waals surface area contributed by atoms with Gasteiger partial charge in [0.25, 0.3) is 0 Å². The molecule has 116 valence electrons. The van der Waals surface area contributed by atoms with E-state index < -0.39 is 0 Å². The van der Waals surface area contributed by atoms with E-state index in [-0.39, 0.29) is 6.09 Å². The minimum absolute atomic E-state index is 0.188. The molecule has 2 aliphatic rings. The van der Waals surface area contributed by atoms with Crippen LogP contribution in [0.5, 0.6) is 0 Å². The molecule has 5 nitrogen and oxygen atoms in total. The van der Waals surface area contributed by atoms with Crippen molar-refractivity contribution in [3.63, 3.8) is 0 Å². The van der Waals surface area contributed by atoms with Crippen LogP contribution in [0.4, 0.5) is 4.79 Å². The number of carbonyl (C=O) groups excluding carboxylic acids is 1. The number of likely N-dealkylation sites (tertiary alicyclic amines) is 1. The average Bonchev–Trinajstić information content (AvgIpc) is 3.11. The first-order chi connectivity index (χ1) is 10.3. The van der Waals surface area contributed by atoms with Crippen LogP contribution >= 0.6 is 11.3 Å². The van der Waals surface area contributed by atoms with Crippen LogP contribution in [0.2, 0.25) is 0 Å². The average molecular weight is 309 g/mol. The molecule has 21 heavy (non-hydrogen) atoms. The van der Waals surface area contributed by atoms with Crippen molar-refractivity contribution in [1.29, 1.82) is 0 Å². The molecule has 1 aromatic heterocycles. The molecule has 6 heteroatoms. The maximum absolute atomic E-state index is 11.7. The van der Waals surface area contributed by atoms with E-state index in [2.05, 4.69) is 5.32 Å². The van der Waals surface area contributed by atoms with Crippen molar-refractivity contribution in [2.75, 3.05) is 19.7 Å². The first kappa shape index (κ1) is 14.8. The highest BCUT2D eigenvalue weighted by molar-refractivity contribution is 7.11. The molecule has 1 saturated heterocycles. The van der Waals surface area contributed by atoms with Gasteiger partial charge in [-0.05, 0) is 39.0 Å². The third-order valence-corrected chi connectivity index (χ3v) is 5.30. The van der Waals surface area contributed by atoms with Gasteiger partial charge in [-0.25, -0.2) is 9.78 Å². The molecule has 1 atom stereocenters. The fourth-order valence-electron chi connectivity index (χ4n) is 3.02. The zero-order chi connectivity index (χ0) is 14.7. The number of nitrogens with one attached hydrogen (secondary N) is 1. The van der Waals surface area contributed by atoms with E-state index in [1.807, 2.05) is 18.3 Å². The molecule has 0 unspecified atom stereocenters. The lowest BCUT2D eigenvalue weighted by molar-refractivity contribution is 0.115. The van der Waals surface area contributed by atoms with Gasteiger partial charge in [-0.1, -0.05) is 0 Å². The zero-order valence-corrected chi connectivity index (χ0v) is 13.4. The maximum Gasteiger partial charge on any atom is 0.409 e. The summed E-state index contributed by atoms with van der Waals surface area (Å²) in [6.07, 6.45) is 5.73. The highest BCUT2D eigenvalue weighted by atomic mass is 32.1. The van der Waals surface area contributed by atoms with Gasteiger partial charge < -0.3 is 15.0 Å². The quantitative estimate of drug-likeness (QED) is 0.927. The normalized spacial score (nSPS) is 21.4. The number of fused-ring (bicyclic) bond motifs is 1. The molecule has 1 N–H and O–H groups in total. The molecular formula is C15H23N3O2S. The molecule has 0 radical (unpaired) electrons. The van der Waals surface area contributed by atoms with E-state index in [1.165, 1.54) is 34.8 Å². The van der Waals surface area contributed by atoms with Gasteiger partial charge in [0.2, 0.25) is 0 Å². The number of aryl methyl sites for hydroxylation is 2. The predicted molar refractivity (Wildman–Crippen MR) is 82.6 cm³/mol. The van der Waals surface area contributed by atoms with Gasteiger partial charge in [-0.3, -0.25) is 0 Å². The van der Waals surface area contributed by atoms with Gasteiger partial charge >= 0.3 is 6.09 Å². The molecule has 3 rings (SSSR count). The molecule has 0 aromatic carbocycles. The second-order valence-corrected chi connectivity index (χ2v) is 6.86. The Morgan fingerprint density at radius 3 is 3.14 bits per heavy atom. The fourth-order valence-corrected chi connectivity index (χ4v) is 4.13. The van der Waals surface area contributed by atoms with E-state index in [1.54, 1.807) is 4.90 Å². The van der Waals surface area contributed by atoms with Gasteiger partial charge in [0, 0.05) is 30.6 Å². The molecule has 0 saturated carbocycles. The topological polar surface area (TPSA) is 54.5 Å². The second-order valence-electron chi connectivity index (χ2n) is 5.70. The lowest BCUT2D eigenvalue weighted by Gasteiger charge is -2.16. The molecule has 1 aliphatic carbocycles. The minimum Gasteiger partial charge on any atom is -0.450 e. The monoisotopic (exact) mass is 309 g/mol. The van der Waals surface area contributed by atoms with Crippen molar-refractivity contribution in [3.05, 3.63) is 15.6 Å². The maximum atomic E-state index is 11.7. The van der Waals surface area contributed by atoms with Gasteiger partial charge in [0.05, 0.1) is 12.3 Å². The van der Waals surface area contributed by atoms with E-state index in [9.17, 15) is 4.79 Å². The van der Waals surface area contributed by atoms with Gasteiger partial charge in [-0.15, -0.1) is 11.3 Å². The standard InChI is InChI=1S/C15H23N3O2S/c1-2-20-15(19)18-8-7-11(10-18)16-9-14-17-12-5-3-4-6-13(12)21-14/h11,16H,2-10H2,1H3/t11-/m1/s1. The molecule has 1 amide bonds. The molecular weight excluding hydrogens is 286 g/mol. The summed E-state index contributed by atoms with van der Waals surface area (Å²) in [6.45, 7) is 4.62. The summed E-state index contributed by atoms with van der Waals surface area (Å²) in [5.41, 5.74) is 1.32. The minimum atomic E-state index is -0.188. The number of rotatable bonds is 4. The number of hydrogen-bond acceptors (Lipinski definition) is 5. The molecule has 1 aromatic rings. The Bertz CT molecular complexity index is 480. The number of nitrogens with zero attached hydrogens (tertiary/aromatic N) is 2. The van der Waals surface area contributed by atoms with Crippen molar-refractivity contribution < 1.29 is 9.53 Å². The summed E-state index contributed by atoms with van der Waals surface area (Å²) >= 11 is 1.86. The van der Waals surface area contributed by atoms with Crippen molar-refractivity contribution in [3.8, 4) is 0 Å². The lowest BCUT2D eigenvalue weighted by Crippen LogP contribution is -2.35. The highest BCUT2D eigenvalue weighted by Gasteiger charge is 2.27. The summed E-state index contributed by atoms with van der Waals surface area (Å²) in [5, 5.41) is 4.72. The largest absolute Gasteiger partial charge is 0.450 e. The fraction of sp³-hybridized carbons (Fsp3) is 0.733. The molecule has 1 aliphatic heterocycles. The third kappa shape index (κ3) is 3.55. The van der Waals surface area contributed by atoms with Gasteiger partial charge in [-0.2, -0.15) is 0 Å². The van der Waals surface area contributed by atoms with Crippen LogP contribution in [0.1, 0.15) is 41.8 Å². The van der Waals surface area contributed by atoms with Crippen LogP contribution in [-0.2, 0) is 24.1 Å². The summed E-state index contributed by atoms with van der Waals surface area (Å²) in [7, 11) is 0. The number of ether oxygens (including phenoxy) is 1. The third-order valence-electron chi connectivity index (χ3n) is 4.15. The highest BCUT2D eigenvalue weighted by Crippen LogP contribution is 2.26. The molecule has 1 fully saturated rings. The van der Waals surface area contributed by atoms with Crippen LogP contribution in [0.15, 0.2) is 0 Å². The lowest BCUT2D eigenvalue weighted by atomic mass is 10.0. The van der Waals surface area contributed by atoms with E-state index in [0.29, 0.717) is 12.6 Å². The van der Waals surface area contributed by atoms with Crippen LogP contribution in [0, 0.1) is 0 Å². The second kappa shape index (κ2) is 6.75. The van der Waals surface area contributed by atoms with Gasteiger partial charge in [0.1, 0.15) is 5.01 Å². The number of hydrogen-bond donors (Lipinski definition) is 1. The van der Waals surface area contributed by atoms with E-state index >= 15 is 0 Å². The number of amides is 1. The van der Waals surface area contributed by atoms with Gasteiger partial charge in [0.15, 0.2) is 0 Å². The van der Waals surface area contributed by atoms with Crippen LogP contribution in [0.3, 0.4) is 0 Å². The summed E-state index contributed by atoms with van der Waals surface area (Å²) in [5.74, 6) is 0. The first-order valence-corrected chi connectivity index (χ1v) is 8.70. The molecule has 0 bridgehead atoms. The summed E-state index contributed by atoms with van der Waals surface area (Å²) in [4.78, 5) is 19.7. The molecule has 0 spiro atoms.